The number of unbranched alkanes of at least 4 members (excludes halogenated alkanes) is 1. The zero-order chi connectivity index (χ0) is 25.8. The van der Waals surface area contributed by atoms with Crippen molar-refractivity contribution in [1.82, 2.24) is 9.72 Å². The van der Waals surface area contributed by atoms with Crippen molar-refractivity contribution in [3.8, 4) is 16.9 Å². The molecular weight excluding hydrogens is 489 g/mol. The number of carbonyl (C=O) groups is 1. The van der Waals surface area contributed by atoms with Crippen molar-refractivity contribution in [2.45, 2.75) is 45.3 Å². The lowest BCUT2D eigenvalue weighted by atomic mass is 9.99. The van der Waals surface area contributed by atoms with E-state index in [1.165, 1.54) is 13.3 Å². The molecule has 0 aliphatic carbocycles. The number of methoxy groups -OCH3 is 1. The maximum absolute atomic E-state index is 13.7. The Hall–Kier alpha value is -3.27. The molecule has 188 valence electrons. The number of pyridine rings is 1. The molecular formula is C24H24ClF3N2O5. The highest BCUT2D eigenvalue weighted by Gasteiger charge is 2.35. The summed E-state index contributed by atoms with van der Waals surface area (Å²) in [7, 11) is 1.25. The molecule has 2 heterocycles. The van der Waals surface area contributed by atoms with Gasteiger partial charge in [-0.2, -0.15) is 13.2 Å². The normalized spacial score (nSPS) is 12.4. The molecule has 35 heavy (non-hydrogen) atoms. The van der Waals surface area contributed by atoms with E-state index in [0.717, 1.165) is 35.3 Å². The molecule has 0 N–H and O–H groups in total. The van der Waals surface area contributed by atoms with E-state index in [4.69, 9.17) is 25.6 Å². The number of rotatable bonds is 9. The van der Waals surface area contributed by atoms with Gasteiger partial charge in [0, 0.05) is 29.1 Å². The van der Waals surface area contributed by atoms with Gasteiger partial charge in [-0.15, -0.1) is 0 Å². The van der Waals surface area contributed by atoms with E-state index in [1.807, 2.05) is 6.92 Å². The SMILES string of the molecule is CCCCOC(=O)C(Cc1cc(C)no1)n1cc(OC)c(-c2cc(Cl)ccc2C(F)(F)F)cc1=O. The average Bonchev–Trinajstić information content (AvgIpc) is 3.21. The van der Waals surface area contributed by atoms with Crippen LogP contribution in [-0.4, -0.2) is 29.4 Å². The van der Waals surface area contributed by atoms with E-state index in [-0.39, 0.29) is 34.9 Å². The van der Waals surface area contributed by atoms with Gasteiger partial charge in [0.1, 0.15) is 17.6 Å². The van der Waals surface area contributed by atoms with Gasteiger partial charge in [-0.05, 0) is 37.1 Å². The number of aryl methyl sites for hydroxylation is 1. The number of nitrogens with zero attached hydrogens (tertiary/aromatic N) is 2. The lowest BCUT2D eigenvalue weighted by Gasteiger charge is -2.21. The zero-order valence-electron chi connectivity index (χ0n) is 19.3. The summed E-state index contributed by atoms with van der Waals surface area (Å²) in [4.78, 5) is 26.1. The minimum Gasteiger partial charge on any atom is -0.495 e. The monoisotopic (exact) mass is 512 g/mol. The number of carbonyl (C=O) groups excluding carboxylic acids is 1. The quantitative estimate of drug-likeness (QED) is 0.273. The Morgan fingerprint density at radius 3 is 2.57 bits per heavy atom. The van der Waals surface area contributed by atoms with Crippen LogP contribution in [0.15, 0.2) is 45.8 Å². The van der Waals surface area contributed by atoms with E-state index in [0.29, 0.717) is 17.9 Å². The third-order valence-corrected chi connectivity index (χ3v) is 5.50. The Labute approximate surface area is 204 Å². The van der Waals surface area contributed by atoms with Crippen LogP contribution in [0.5, 0.6) is 5.75 Å². The van der Waals surface area contributed by atoms with Gasteiger partial charge in [-0.3, -0.25) is 9.36 Å². The molecule has 0 amide bonds. The molecule has 0 spiro atoms. The minimum atomic E-state index is -4.70. The van der Waals surface area contributed by atoms with E-state index in [9.17, 15) is 22.8 Å². The highest BCUT2D eigenvalue weighted by Crippen LogP contribution is 2.41. The first-order valence-corrected chi connectivity index (χ1v) is 11.2. The number of halogens is 4. The molecule has 0 bridgehead atoms. The minimum absolute atomic E-state index is 0.0531. The van der Waals surface area contributed by atoms with Gasteiger partial charge >= 0.3 is 12.1 Å². The summed E-state index contributed by atoms with van der Waals surface area (Å²) in [6.07, 6.45) is -2.14. The second kappa shape index (κ2) is 11.0. The van der Waals surface area contributed by atoms with Crippen molar-refractivity contribution >= 4 is 17.6 Å². The Morgan fingerprint density at radius 2 is 1.97 bits per heavy atom. The first kappa shape index (κ1) is 26.3. The van der Waals surface area contributed by atoms with E-state index < -0.39 is 29.3 Å². The molecule has 11 heteroatoms. The number of aromatic nitrogens is 2. The standard InChI is InChI=1S/C24H24ClF3N2O5/c1-4-5-8-34-23(32)20(11-16-9-14(2)29-35-16)30-13-21(33-3)18(12-22(30)31)17-10-15(25)6-7-19(17)24(26,27)28/h6-7,9-10,12-13,20H,4-5,8,11H2,1-3H3. The van der Waals surface area contributed by atoms with Crippen LogP contribution >= 0.6 is 11.6 Å². The molecule has 0 aliphatic rings. The van der Waals surface area contributed by atoms with Gasteiger partial charge in [0.05, 0.1) is 31.2 Å². The van der Waals surface area contributed by atoms with Crippen molar-refractivity contribution in [1.29, 1.82) is 0 Å². The van der Waals surface area contributed by atoms with E-state index >= 15 is 0 Å². The molecule has 1 aromatic carbocycles. The van der Waals surface area contributed by atoms with Crippen LogP contribution in [0.3, 0.4) is 0 Å². The number of hydrogen-bond acceptors (Lipinski definition) is 6. The molecule has 1 atom stereocenters. The van der Waals surface area contributed by atoms with Gasteiger partial charge in [0.25, 0.3) is 5.56 Å². The first-order valence-electron chi connectivity index (χ1n) is 10.8. The number of esters is 1. The van der Waals surface area contributed by atoms with Crippen molar-refractivity contribution in [3.05, 3.63) is 68.9 Å². The molecule has 0 saturated heterocycles. The maximum atomic E-state index is 13.7. The summed E-state index contributed by atoms with van der Waals surface area (Å²) in [6, 6.07) is 4.50. The Balaban J connectivity index is 2.12. The summed E-state index contributed by atoms with van der Waals surface area (Å²) in [5.74, 6) is -0.412. The molecule has 3 rings (SSSR count). The van der Waals surface area contributed by atoms with Crippen molar-refractivity contribution in [3.63, 3.8) is 0 Å². The predicted octanol–water partition coefficient (Wildman–Crippen LogP) is 5.62. The van der Waals surface area contributed by atoms with Crippen LogP contribution < -0.4 is 10.3 Å². The topological polar surface area (TPSA) is 83.6 Å². The zero-order valence-corrected chi connectivity index (χ0v) is 20.1. The molecule has 0 aliphatic heterocycles. The number of benzene rings is 1. The van der Waals surface area contributed by atoms with Crippen LogP contribution in [-0.2, 0) is 22.1 Å². The fourth-order valence-electron chi connectivity index (χ4n) is 3.54. The number of alkyl halides is 3. The van der Waals surface area contributed by atoms with Gasteiger partial charge in [-0.1, -0.05) is 30.1 Å². The summed E-state index contributed by atoms with van der Waals surface area (Å²) in [6.45, 7) is 3.79. The summed E-state index contributed by atoms with van der Waals surface area (Å²) in [5.41, 5.74) is -1.57. The summed E-state index contributed by atoms with van der Waals surface area (Å²) in [5, 5.41) is 3.84. The lowest BCUT2D eigenvalue weighted by Crippen LogP contribution is -2.32. The molecule has 1 unspecified atom stereocenters. The van der Waals surface area contributed by atoms with Gasteiger partial charge in [0.15, 0.2) is 0 Å². The maximum Gasteiger partial charge on any atom is 0.417 e. The van der Waals surface area contributed by atoms with Gasteiger partial charge in [-0.25, -0.2) is 4.79 Å². The van der Waals surface area contributed by atoms with Crippen molar-refractivity contribution in [2.24, 2.45) is 0 Å². The van der Waals surface area contributed by atoms with Crippen LogP contribution in [0.2, 0.25) is 5.02 Å². The number of ether oxygens (including phenoxy) is 2. The summed E-state index contributed by atoms with van der Waals surface area (Å²) < 4.78 is 57.9. The smallest absolute Gasteiger partial charge is 0.417 e. The average molecular weight is 513 g/mol. The van der Waals surface area contributed by atoms with E-state index in [1.54, 1.807) is 13.0 Å². The third kappa shape index (κ3) is 6.25. The van der Waals surface area contributed by atoms with Crippen LogP contribution in [0, 0.1) is 6.92 Å². The van der Waals surface area contributed by atoms with Crippen LogP contribution in [0.4, 0.5) is 13.2 Å². The van der Waals surface area contributed by atoms with Gasteiger partial charge < -0.3 is 14.0 Å². The second-order valence-electron chi connectivity index (χ2n) is 7.86. The fraction of sp³-hybridized carbons (Fsp3) is 0.375. The highest BCUT2D eigenvalue weighted by atomic mass is 35.5. The fourth-order valence-corrected chi connectivity index (χ4v) is 3.72. The molecule has 2 aromatic heterocycles. The third-order valence-electron chi connectivity index (χ3n) is 5.26. The van der Waals surface area contributed by atoms with Gasteiger partial charge in [0.2, 0.25) is 0 Å². The highest BCUT2D eigenvalue weighted by molar-refractivity contribution is 6.30. The molecule has 7 nitrogen and oxygen atoms in total. The van der Waals surface area contributed by atoms with E-state index in [2.05, 4.69) is 5.16 Å². The second-order valence-corrected chi connectivity index (χ2v) is 8.30. The Morgan fingerprint density at radius 1 is 1.23 bits per heavy atom. The molecule has 0 fully saturated rings. The lowest BCUT2D eigenvalue weighted by molar-refractivity contribution is -0.148. The Kier molecular flexibility index (Phi) is 8.26. The molecule has 3 aromatic rings. The largest absolute Gasteiger partial charge is 0.495 e. The molecule has 0 radical (unpaired) electrons. The first-order chi connectivity index (χ1) is 16.5. The van der Waals surface area contributed by atoms with Crippen LogP contribution in [0.25, 0.3) is 11.1 Å². The Bertz CT molecular complexity index is 1250. The van der Waals surface area contributed by atoms with Crippen molar-refractivity contribution in [2.75, 3.05) is 13.7 Å². The summed E-state index contributed by atoms with van der Waals surface area (Å²) >= 11 is 5.96. The number of hydrogen-bond donors (Lipinski definition) is 0. The molecule has 0 saturated carbocycles. The predicted molar refractivity (Wildman–Crippen MR) is 123 cm³/mol. The van der Waals surface area contributed by atoms with Crippen molar-refractivity contribution < 1.29 is 32.0 Å². The van der Waals surface area contributed by atoms with Crippen LogP contribution in [0.1, 0.15) is 42.8 Å².